The summed E-state index contributed by atoms with van der Waals surface area (Å²) >= 11 is 3.36. The Morgan fingerprint density at radius 1 is 1.30 bits per heavy atom. The van der Waals surface area contributed by atoms with Crippen molar-refractivity contribution in [2.75, 3.05) is 0 Å². The number of carbonyl (C=O) groups is 1. The first-order chi connectivity index (χ1) is 9.35. The van der Waals surface area contributed by atoms with Gasteiger partial charge in [-0.2, -0.15) is 0 Å². The Labute approximate surface area is 125 Å². The van der Waals surface area contributed by atoms with E-state index in [1.165, 1.54) is 0 Å². The fourth-order valence-corrected chi connectivity index (χ4v) is 2.18. The first-order valence-corrected chi connectivity index (χ1v) is 6.95. The number of nitrogens with zero attached hydrogens (tertiary/aromatic N) is 2. The molecule has 1 N–H and O–H groups in total. The molecule has 0 unspecified atom stereocenters. The lowest BCUT2D eigenvalue weighted by molar-refractivity contribution is -0.139. The van der Waals surface area contributed by atoms with Crippen molar-refractivity contribution in [1.29, 1.82) is 0 Å². The van der Waals surface area contributed by atoms with E-state index in [0.29, 0.717) is 18.2 Å². The van der Waals surface area contributed by atoms with Crippen LogP contribution in [-0.4, -0.2) is 21.3 Å². The average molecular weight is 339 g/mol. The highest BCUT2D eigenvalue weighted by Crippen LogP contribution is 2.27. The zero-order valence-corrected chi connectivity index (χ0v) is 12.8. The summed E-state index contributed by atoms with van der Waals surface area (Å²) < 4.78 is 6.57. The van der Waals surface area contributed by atoms with Gasteiger partial charge in [-0.05, 0) is 29.7 Å². The molecule has 0 spiro atoms. The fraction of sp³-hybridized carbons (Fsp3) is 0.357. The average Bonchev–Trinajstić information content (AvgIpc) is 2.75. The Hall–Kier alpha value is -1.69. The molecule has 106 valence electrons. The van der Waals surface area contributed by atoms with Crippen molar-refractivity contribution in [2.45, 2.75) is 26.7 Å². The van der Waals surface area contributed by atoms with Crippen LogP contribution < -0.4 is 0 Å². The van der Waals surface area contributed by atoms with Crippen LogP contribution in [0.4, 0.5) is 0 Å². The van der Waals surface area contributed by atoms with E-state index in [1.807, 2.05) is 38.1 Å². The first-order valence-electron chi connectivity index (χ1n) is 6.16. The van der Waals surface area contributed by atoms with Crippen LogP contribution >= 0.6 is 15.9 Å². The van der Waals surface area contributed by atoms with Gasteiger partial charge >= 0.3 is 5.97 Å². The SMILES string of the molecule is CC(C)(CC(=O)O)Cc1nnc(-c2ccc(Br)cc2)o1. The van der Waals surface area contributed by atoms with Crippen LogP contribution in [0.5, 0.6) is 0 Å². The smallest absolute Gasteiger partial charge is 0.303 e. The molecule has 1 heterocycles. The molecule has 0 saturated carbocycles. The van der Waals surface area contributed by atoms with Gasteiger partial charge in [0.25, 0.3) is 0 Å². The van der Waals surface area contributed by atoms with Gasteiger partial charge in [0.1, 0.15) is 0 Å². The summed E-state index contributed by atoms with van der Waals surface area (Å²) in [5.74, 6) is 0.0652. The van der Waals surface area contributed by atoms with Crippen molar-refractivity contribution in [1.82, 2.24) is 10.2 Å². The lowest BCUT2D eigenvalue weighted by atomic mass is 9.86. The highest BCUT2D eigenvalue weighted by molar-refractivity contribution is 9.10. The molecule has 0 saturated heterocycles. The molecule has 1 aromatic heterocycles. The largest absolute Gasteiger partial charge is 0.481 e. The number of aliphatic carboxylic acids is 1. The Morgan fingerprint density at radius 2 is 1.95 bits per heavy atom. The van der Waals surface area contributed by atoms with Crippen molar-refractivity contribution >= 4 is 21.9 Å². The summed E-state index contributed by atoms with van der Waals surface area (Å²) in [7, 11) is 0. The molecule has 2 rings (SSSR count). The van der Waals surface area contributed by atoms with Crippen LogP contribution in [0.2, 0.25) is 0 Å². The zero-order valence-electron chi connectivity index (χ0n) is 11.3. The number of halogens is 1. The number of carboxylic acid groups (broad SMARTS) is 1. The maximum Gasteiger partial charge on any atom is 0.303 e. The van der Waals surface area contributed by atoms with Gasteiger partial charge < -0.3 is 9.52 Å². The second-order valence-corrected chi connectivity index (χ2v) is 6.34. The van der Waals surface area contributed by atoms with Crippen LogP contribution in [0.3, 0.4) is 0 Å². The van der Waals surface area contributed by atoms with E-state index >= 15 is 0 Å². The molecule has 0 aliphatic carbocycles. The molecule has 0 fully saturated rings. The molecule has 0 amide bonds. The summed E-state index contributed by atoms with van der Waals surface area (Å²) in [6.07, 6.45) is 0.492. The molecule has 0 bridgehead atoms. The lowest BCUT2D eigenvalue weighted by Gasteiger charge is -2.19. The van der Waals surface area contributed by atoms with E-state index in [1.54, 1.807) is 0 Å². The summed E-state index contributed by atoms with van der Waals surface area (Å²) in [5.41, 5.74) is 0.415. The third-order valence-corrected chi connectivity index (χ3v) is 3.35. The van der Waals surface area contributed by atoms with E-state index in [0.717, 1.165) is 10.0 Å². The molecule has 0 radical (unpaired) electrons. The Morgan fingerprint density at radius 3 is 2.55 bits per heavy atom. The normalized spacial score (nSPS) is 11.6. The third-order valence-electron chi connectivity index (χ3n) is 2.82. The summed E-state index contributed by atoms with van der Waals surface area (Å²) in [5, 5.41) is 16.9. The minimum atomic E-state index is -0.831. The predicted molar refractivity (Wildman–Crippen MR) is 77.2 cm³/mol. The predicted octanol–water partition coefficient (Wildman–Crippen LogP) is 3.54. The molecule has 0 atom stereocenters. The molecule has 0 aliphatic heterocycles. The van der Waals surface area contributed by atoms with Crippen LogP contribution in [0.25, 0.3) is 11.5 Å². The van der Waals surface area contributed by atoms with E-state index in [2.05, 4.69) is 26.1 Å². The van der Waals surface area contributed by atoms with Gasteiger partial charge in [0.05, 0.1) is 6.42 Å². The Balaban J connectivity index is 2.13. The van der Waals surface area contributed by atoms with E-state index in [9.17, 15) is 4.79 Å². The molecule has 1 aromatic carbocycles. The lowest BCUT2D eigenvalue weighted by Crippen LogP contribution is -2.19. The van der Waals surface area contributed by atoms with E-state index in [-0.39, 0.29) is 6.42 Å². The molecular formula is C14H15BrN2O3. The van der Waals surface area contributed by atoms with Crippen LogP contribution in [0, 0.1) is 5.41 Å². The summed E-state index contributed by atoms with van der Waals surface area (Å²) in [6, 6.07) is 7.55. The molecule has 5 nitrogen and oxygen atoms in total. The minimum Gasteiger partial charge on any atom is -0.481 e. The molecule has 0 aliphatic rings. The minimum absolute atomic E-state index is 0.0585. The summed E-state index contributed by atoms with van der Waals surface area (Å²) in [6.45, 7) is 3.73. The van der Waals surface area contributed by atoms with Crippen LogP contribution in [-0.2, 0) is 11.2 Å². The second-order valence-electron chi connectivity index (χ2n) is 5.42. The van der Waals surface area contributed by atoms with Crippen LogP contribution in [0.1, 0.15) is 26.2 Å². The topological polar surface area (TPSA) is 76.2 Å². The Kier molecular flexibility index (Phi) is 4.23. The third kappa shape index (κ3) is 3.90. The highest BCUT2D eigenvalue weighted by Gasteiger charge is 2.25. The number of hydrogen-bond acceptors (Lipinski definition) is 4. The van der Waals surface area contributed by atoms with E-state index in [4.69, 9.17) is 9.52 Å². The van der Waals surface area contributed by atoms with Gasteiger partial charge in [0, 0.05) is 16.5 Å². The Bertz CT molecular complexity index is 605. The molecule has 6 heteroatoms. The van der Waals surface area contributed by atoms with Crippen molar-refractivity contribution < 1.29 is 14.3 Å². The number of benzene rings is 1. The number of rotatable bonds is 5. The quantitative estimate of drug-likeness (QED) is 0.902. The molecular weight excluding hydrogens is 324 g/mol. The van der Waals surface area contributed by atoms with Crippen LogP contribution in [0.15, 0.2) is 33.2 Å². The fourth-order valence-electron chi connectivity index (χ4n) is 1.92. The van der Waals surface area contributed by atoms with Crippen molar-refractivity contribution in [3.8, 4) is 11.5 Å². The second kappa shape index (κ2) is 5.75. The van der Waals surface area contributed by atoms with Gasteiger partial charge in [0.2, 0.25) is 11.8 Å². The molecule has 2 aromatic rings. The standard InChI is InChI=1S/C14H15BrN2O3/c1-14(2,8-12(18)19)7-11-16-17-13(20-11)9-3-5-10(15)6-4-9/h3-6H,7-8H2,1-2H3,(H,18,19). The van der Waals surface area contributed by atoms with Gasteiger partial charge in [-0.15, -0.1) is 10.2 Å². The number of aromatic nitrogens is 2. The van der Waals surface area contributed by atoms with Crippen molar-refractivity contribution in [3.05, 3.63) is 34.6 Å². The van der Waals surface area contributed by atoms with E-state index < -0.39 is 11.4 Å². The molecule has 20 heavy (non-hydrogen) atoms. The zero-order chi connectivity index (χ0) is 14.8. The van der Waals surface area contributed by atoms with Gasteiger partial charge in [-0.1, -0.05) is 29.8 Å². The maximum atomic E-state index is 10.8. The van der Waals surface area contributed by atoms with Crippen molar-refractivity contribution in [2.24, 2.45) is 5.41 Å². The monoisotopic (exact) mass is 338 g/mol. The number of hydrogen-bond donors (Lipinski definition) is 1. The maximum absolute atomic E-state index is 10.8. The van der Waals surface area contributed by atoms with Gasteiger partial charge in [0.15, 0.2) is 0 Å². The summed E-state index contributed by atoms with van der Waals surface area (Å²) in [4.78, 5) is 10.8. The van der Waals surface area contributed by atoms with Gasteiger partial charge in [-0.3, -0.25) is 4.79 Å². The highest BCUT2D eigenvalue weighted by atomic mass is 79.9. The number of carboxylic acids is 1. The van der Waals surface area contributed by atoms with Gasteiger partial charge in [-0.25, -0.2) is 0 Å². The van der Waals surface area contributed by atoms with Crippen molar-refractivity contribution in [3.63, 3.8) is 0 Å². The first kappa shape index (κ1) is 14.7.